The average Bonchev–Trinajstić information content (AvgIpc) is 3.33. The summed E-state index contributed by atoms with van der Waals surface area (Å²) in [4.78, 5) is 14.7. The molecule has 8 nitrogen and oxygen atoms in total. The molecule has 9 heteroatoms. The second kappa shape index (κ2) is 11.9. The smallest absolute Gasteiger partial charge is 0.243 e. The van der Waals surface area contributed by atoms with Crippen LogP contribution in [-0.4, -0.2) is 78.9 Å². The first-order valence-corrected chi connectivity index (χ1v) is 15.2. The number of benzene rings is 1. The molecule has 1 aromatic carbocycles. The minimum absolute atomic E-state index is 0.240. The Hall–Kier alpha value is -2.23. The summed E-state index contributed by atoms with van der Waals surface area (Å²) >= 11 is 0. The number of hydrogen-bond donors (Lipinski definition) is 1. The monoisotopic (exact) mass is 512 g/mol. The van der Waals surface area contributed by atoms with Gasteiger partial charge in [-0.15, -0.1) is 0 Å². The normalized spacial score (nSPS) is 25.2. The molecule has 3 fully saturated rings. The number of likely N-dealkylation sites (tertiary alicyclic amines) is 1. The number of nitrogens with zero attached hydrogens (tertiary/aromatic N) is 5. The maximum absolute atomic E-state index is 13.2. The second-order valence-electron chi connectivity index (χ2n) is 10.4. The molecule has 2 atom stereocenters. The van der Waals surface area contributed by atoms with Gasteiger partial charge in [0.2, 0.25) is 16.0 Å². The van der Waals surface area contributed by atoms with E-state index in [0.717, 1.165) is 64.1 Å². The van der Waals surface area contributed by atoms with Gasteiger partial charge < -0.3 is 10.2 Å². The van der Waals surface area contributed by atoms with Gasteiger partial charge in [0.05, 0.1) is 4.90 Å². The third-order valence-corrected chi connectivity index (χ3v) is 9.74. The van der Waals surface area contributed by atoms with Crippen LogP contribution in [0.5, 0.6) is 0 Å². The molecule has 0 bridgehead atoms. The number of sulfonamides is 1. The number of aromatic nitrogens is 2. The van der Waals surface area contributed by atoms with Gasteiger partial charge in [-0.2, -0.15) is 9.29 Å². The fraction of sp³-hybridized carbons (Fsp3) is 0.630. The Morgan fingerprint density at radius 1 is 0.806 bits per heavy atom. The summed E-state index contributed by atoms with van der Waals surface area (Å²) in [6.07, 6.45) is 12.2. The Morgan fingerprint density at radius 2 is 1.58 bits per heavy atom. The molecule has 0 aliphatic carbocycles. The lowest BCUT2D eigenvalue weighted by molar-refractivity contribution is 0.136. The van der Waals surface area contributed by atoms with Crippen molar-refractivity contribution in [1.82, 2.24) is 19.2 Å². The molecular formula is C27H40N6O2S. The number of anilines is 2. The fourth-order valence-electron chi connectivity index (χ4n) is 5.88. The fourth-order valence-corrected chi connectivity index (χ4v) is 7.41. The van der Waals surface area contributed by atoms with Gasteiger partial charge in [-0.3, -0.25) is 4.90 Å². The second-order valence-corrected chi connectivity index (χ2v) is 12.4. The molecule has 3 aliphatic heterocycles. The quantitative estimate of drug-likeness (QED) is 0.627. The van der Waals surface area contributed by atoms with E-state index in [4.69, 9.17) is 4.98 Å². The van der Waals surface area contributed by atoms with Gasteiger partial charge in [-0.1, -0.05) is 37.5 Å². The third kappa shape index (κ3) is 6.18. The zero-order valence-corrected chi connectivity index (χ0v) is 22.1. The van der Waals surface area contributed by atoms with Crippen molar-refractivity contribution in [2.75, 3.05) is 49.5 Å². The lowest BCUT2D eigenvalue weighted by Gasteiger charge is -2.39. The molecule has 3 saturated heterocycles. The van der Waals surface area contributed by atoms with Gasteiger partial charge in [0.15, 0.2) is 0 Å². The van der Waals surface area contributed by atoms with E-state index < -0.39 is 10.0 Å². The predicted molar refractivity (Wildman–Crippen MR) is 144 cm³/mol. The van der Waals surface area contributed by atoms with Crippen LogP contribution in [0, 0.1) is 0 Å². The Kier molecular flexibility index (Phi) is 8.39. The van der Waals surface area contributed by atoms with E-state index in [2.05, 4.69) is 20.1 Å². The van der Waals surface area contributed by atoms with E-state index in [1.165, 1.54) is 25.7 Å². The minimum Gasteiger partial charge on any atom is -0.356 e. The summed E-state index contributed by atoms with van der Waals surface area (Å²) in [7, 11) is -3.46. The van der Waals surface area contributed by atoms with Crippen molar-refractivity contribution in [2.24, 2.45) is 0 Å². The van der Waals surface area contributed by atoms with Crippen LogP contribution in [0.4, 0.5) is 11.8 Å². The largest absolute Gasteiger partial charge is 0.356 e. The number of piperidine rings is 1. The van der Waals surface area contributed by atoms with Gasteiger partial charge >= 0.3 is 0 Å². The molecule has 2 aromatic rings. The number of nitrogens with one attached hydrogen (secondary N) is 1. The van der Waals surface area contributed by atoms with Crippen LogP contribution in [0.1, 0.15) is 57.8 Å². The molecule has 3 aliphatic rings. The van der Waals surface area contributed by atoms with Crippen LogP contribution >= 0.6 is 0 Å². The molecule has 5 rings (SSSR count). The zero-order valence-electron chi connectivity index (χ0n) is 21.3. The molecule has 36 heavy (non-hydrogen) atoms. The van der Waals surface area contributed by atoms with Crippen molar-refractivity contribution < 1.29 is 8.42 Å². The third-order valence-electron chi connectivity index (χ3n) is 7.86. The first-order valence-electron chi connectivity index (χ1n) is 13.7. The zero-order chi connectivity index (χ0) is 24.8. The molecule has 0 saturated carbocycles. The van der Waals surface area contributed by atoms with Crippen molar-refractivity contribution in [3.63, 3.8) is 0 Å². The summed E-state index contributed by atoms with van der Waals surface area (Å²) < 4.78 is 28.2. The van der Waals surface area contributed by atoms with Crippen molar-refractivity contribution in [3.8, 4) is 0 Å². The van der Waals surface area contributed by atoms with Gasteiger partial charge in [-0.25, -0.2) is 13.4 Å². The number of hydrogen-bond acceptors (Lipinski definition) is 7. The molecule has 0 amide bonds. The van der Waals surface area contributed by atoms with E-state index in [-0.39, 0.29) is 12.1 Å². The number of rotatable bonds is 6. The molecular weight excluding hydrogens is 472 g/mol. The van der Waals surface area contributed by atoms with Gasteiger partial charge in [0.1, 0.15) is 5.82 Å². The SMILES string of the molecule is O=S(=O)(c1ccccc1)N1CCCC(N2CCCCC(Nc3nccc(N4CCCCCC4)n3)C2)C1. The first-order chi connectivity index (χ1) is 17.6. The van der Waals surface area contributed by atoms with Gasteiger partial charge in [-0.05, 0) is 63.3 Å². The molecule has 1 aromatic heterocycles. The molecule has 0 radical (unpaired) electrons. The summed E-state index contributed by atoms with van der Waals surface area (Å²) in [5.74, 6) is 1.73. The van der Waals surface area contributed by atoms with E-state index in [1.54, 1.807) is 28.6 Å². The van der Waals surface area contributed by atoms with Gasteiger partial charge in [0, 0.05) is 51.0 Å². The van der Waals surface area contributed by atoms with E-state index in [0.29, 0.717) is 23.9 Å². The average molecular weight is 513 g/mol. The molecule has 0 spiro atoms. The van der Waals surface area contributed by atoms with Crippen LogP contribution < -0.4 is 10.2 Å². The van der Waals surface area contributed by atoms with E-state index >= 15 is 0 Å². The van der Waals surface area contributed by atoms with Crippen LogP contribution in [-0.2, 0) is 10.0 Å². The lowest BCUT2D eigenvalue weighted by Crippen LogP contribution is -2.51. The summed E-state index contributed by atoms with van der Waals surface area (Å²) in [6, 6.07) is 11.4. The Balaban J connectivity index is 1.24. The lowest BCUT2D eigenvalue weighted by atomic mass is 10.1. The van der Waals surface area contributed by atoms with Crippen molar-refractivity contribution in [2.45, 2.75) is 74.8 Å². The Labute approximate surface area is 216 Å². The van der Waals surface area contributed by atoms with Crippen LogP contribution in [0.2, 0.25) is 0 Å². The highest BCUT2D eigenvalue weighted by atomic mass is 32.2. The molecule has 2 unspecified atom stereocenters. The summed E-state index contributed by atoms with van der Waals surface area (Å²) in [6.45, 7) is 5.19. The Morgan fingerprint density at radius 3 is 2.39 bits per heavy atom. The topological polar surface area (TPSA) is 81.7 Å². The first kappa shape index (κ1) is 25.4. The maximum atomic E-state index is 13.2. The standard InChI is InChI=1S/C27H40N6O2S/c34-36(35,25-13-4-3-5-14-25)33-20-10-12-24(22-33)32-19-9-6-11-23(21-32)29-27-28-16-15-26(30-27)31-17-7-1-2-8-18-31/h3-5,13-16,23-24H,1-2,6-12,17-22H2,(H,28,29,30). The minimum atomic E-state index is -3.46. The van der Waals surface area contributed by atoms with Crippen molar-refractivity contribution >= 4 is 21.8 Å². The summed E-state index contributed by atoms with van der Waals surface area (Å²) in [5, 5.41) is 3.63. The highest BCUT2D eigenvalue weighted by Crippen LogP contribution is 2.26. The van der Waals surface area contributed by atoms with Crippen LogP contribution in [0.25, 0.3) is 0 Å². The van der Waals surface area contributed by atoms with E-state index in [9.17, 15) is 8.42 Å². The molecule has 1 N–H and O–H groups in total. The van der Waals surface area contributed by atoms with Crippen LogP contribution in [0.3, 0.4) is 0 Å². The van der Waals surface area contributed by atoms with Gasteiger partial charge in [0.25, 0.3) is 0 Å². The Bertz CT molecular complexity index is 1070. The molecule has 196 valence electrons. The highest BCUT2D eigenvalue weighted by Gasteiger charge is 2.34. The van der Waals surface area contributed by atoms with E-state index in [1.807, 2.05) is 18.3 Å². The maximum Gasteiger partial charge on any atom is 0.243 e. The van der Waals surface area contributed by atoms with Crippen molar-refractivity contribution in [1.29, 1.82) is 0 Å². The highest BCUT2D eigenvalue weighted by molar-refractivity contribution is 7.89. The molecule has 4 heterocycles. The predicted octanol–water partition coefficient (Wildman–Crippen LogP) is 3.98. The van der Waals surface area contributed by atoms with Crippen LogP contribution in [0.15, 0.2) is 47.5 Å². The summed E-state index contributed by atoms with van der Waals surface area (Å²) in [5.41, 5.74) is 0. The van der Waals surface area contributed by atoms with Crippen molar-refractivity contribution in [3.05, 3.63) is 42.6 Å².